The van der Waals surface area contributed by atoms with Crippen molar-refractivity contribution in [1.82, 2.24) is 5.32 Å². The Balaban J connectivity index is 2.49. The Labute approximate surface area is 131 Å². The molecule has 0 saturated carbocycles. The average Bonchev–Trinajstić information content (AvgIpc) is 2.42. The Morgan fingerprint density at radius 2 is 2.00 bits per heavy atom. The van der Waals surface area contributed by atoms with Crippen molar-refractivity contribution in [2.75, 3.05) is 5.75 Å². The molecule has 2 amide bonds. The van der Waals surface area contributed by atoms with Gasteiger partial charge < -0.3 is 16.2 Å². The van der Waals surface area contributed by atoms with Gasteiger partial charge in [0.15, 0.2) is 0 Å². The summed E-state index contributed by atoms with van der Waals surface area (Å²) < 4.78 is 0. The molecule has 0 bridgehead atoms. The van der Waals surface area contributed by atoms with Crippen molar-refractivity contribution in [3.8, 4) is 0 Å². The van der Waals surface area contributed by atoms with E-state index in [-0.39, 0.29) is 18.6 Å². The van der Waals surface area contributed by atoms with Gasteiger partial charge in [0.25, 0.3) is 0 Å². The standard InChI is InChI=1S/C13H15ClN2O4S/c14-8-3-1-2-4-10(8)21-7-12(18)16-9(13(19)20)5-6-11(15)17/h1-4,9H,5-7H2,(H2,15,17)(H,16,18)(H,19,20). The van der Waals surface area contributed by atoms with Crippen LogP contribution in [-0.2, 0) is 14.4 Å². The Hall–Kier alpha value is -1.73. The summed E-state index contributed by atoms with van der Waals surface area (Å²) in [7, 11) is 0. The van der Waals surface area contributed by atoms with E-state index >= 15 is 0 Å². The zero-order chi connectivity index (χ0) is 15.8. The molecule has 0 radical (unpaired) electrons. The summed E-state index contributed by atoms with van der Waals surface area (Å²) >= 11 is 7.16. The van der Waals surface area contributed by atoms with Gasteiger partial charge in [0, 0.05) is 11.3 Å². The van der Waals surface area contributed by atoms with Crippen LogP contribution >= 0.6 is 23.4 Å². The van der Waals surface area contributed by atoms with Crippen LogP contribution < -0.4 is 11.1 Å². The van der Waals surface area contributed by atoms with E-state index in [0.29, 0.717) is 5.02 Å². The molecule has 0 aliphatic heterocycles. The topological polar surface area (TPSA) is 109 Å². The van der Waals surface area contributed by atoms with E-state index in [1.54, 1.807) is 24.3 Å². The summed E-state index contributed by atoms with van der Waals surface area (Å²) in [5.41, 5.74) is 4.96. The van der Waals surface area contributed by atoms with E-state index in [1.165, 1.54) is 11.8 Å². The monoisotopic (exact) mass is 330 g/mol. The second-order valence-electron chi connectivity index (χ2n) is 4.18. The van der Waals surface area contributed by atoms with E-state index in [1.807, 2.05) is 0 Å². The Kier molecular flexibility index (Phi) is 7.04. The number of carbonyl (C=O) groups excluding carboxylic acids is 2. The van der Waals surface area contributed by atoms with Gasteiger partial charge in [0.2, 0.25) is 11.8 Å². The predicted molar refractivity (Wildman–Crippen MR) is 80.2 cm³/mol. The van der Waals surface area contributed by atoms with Crippen LogP contribution in [0.1, 0.15) is 12.8 Å². The minimum atomic E-state index is -1.20. The van der Waals surface area contributed by atoms with Gasteiger partial charge >= 0.3 is 5.97 Å². The largest absolute Gasteiger partial charge is 0.480 e. The summed E-state index contributed by atoms with van der Waals surface area (Å²) in [5, 5.41) is 11.8. The lowest BCUT2D eigenvalue weighted by atomic mass is 10.1. The van der Waals surface area contributed by atoms with Crippen LogP contribution in [0.25, 0.3) is 0 Å². The number of carbonyl (C=O) groups is 3. The van der Waals surface area contributed by atoms with Crippen LogP contribution in [0, 0.1) is 0 Å². The summed E-state index contributed by atoms with van der Waals surface area (Å²) in [6, 6.07) is 5.91. The van der Waals surface area contributed by atoms with Gasteiger partial charge in [-0.25, -0.2) is 4.79 Å². The highest BCUT2D eigenvalue weighted by Crippen LogP contribution is 2.26. The van der Waals surface area contributed by atoms with Crippen molar-refractivity contribution in [1.29, 1.82) is 0 Å². The van der Waals surface area contributed by atoms with Gasteiger partial charge in [-0.05, 0) is 18.6 Å². The number of hydrogen-bond acceptors (Lipinski definition) is 4. The van der Waals surface area contributed by atoms with Gasteiger partial charge in [0.1, 0.15) is 6.04 Å². The molecule has 1 unspecified atom stereocenters. The molecule has 1 rings (SSSR count). The Morgan fingerprint density at radius 1 is 1.33 bits per heavy atom. The highest BCUT2D eigenvalue weighted by molar-refractivity contribution is 8.00. The summed E-state index contributed by atoms with van der Waals surface area (Å²) in [6.07, 6.45) is -0.137. The number of benzene rings is 1. The molecular formula is C13H15ClN2O4S. The van der Waals surface area contributed by atoms with Gasteiger partial charge in [-0.2, -0.15) is 0 Å². The van der Waals surface area contributed by atoms with Gasteiger partial charge in [0.05, 0.1) is 10.8 Å². The molecule has 0 fully saturated rings. The molecule has 0 spiro atoms. The van der Waals surface area contributed by atoms with Crippen LogP contribution in [-0.4, -0.2) is 34.7 Å². The Bertz CT molecular complexity index is 539. The molecule has 0 aromatic heterocycles. The highest BCUT2D eigenvalue weighted by atomic mass is 35.5. The first kappa shape index (κ1) is 17.3. The van der Waals surface area contributed by atoms with Crippen molar-refractivity contribution in [3.63, 3.8) is 0 Å². The molecule has 4 N–H and O–H groups in total. The fraction of sp³-hybridized carbons (Fsp3) is 0.308. The second kappa shape index (κ2) is 8.53. The molecule has 0 saturated heterocycles. The number of halogens is 1. The summed E-state index contributed by atoms with van der Waals surface area (Å²) in [4.78, 5) is 34.1. The van der Waals surface area contributed by atoms with E-state index in [0.717, 1.165) is 4.90 Å². The minimum absolute atomic E-state index is 0.0318. The maximum absolute atomic E-state index is 11.7. The molecule has 0 aliphatic carbocycles. The molecule has 114 valence electrons. The fourth-order valence-electron chi connectivity index (χ4n) is 1.49. The van der Waals surface area contributed by atoms with Crippen LogP contribution in [0.15, 0.2) is 29.2 Å². The molecule has 1 atom stereocenters. The van der Waals surface area contributed by atoms with E-state index in [9.17, 15) is 14.4 Å². The molecule has 1 aromatic carbocycles. The van der Waals surface area contributed by atoms with Gasteiger partial charge in [-0.15, -0.1) is 11.8 Å². The van der Waals surface area contributed by atoms with Crippen molar-refractivity contribution in [2.24, 2.45) is 5.73 Å². The van der Waals surface area contributed by atoms with Crippen LogP contribution in [0.2, 0.25) is 5.02 Å². The lowest BCUT2D eigenvalue weighted by molar-refractivity contribution is -0.141. The van der Waals surface area contributed by atoms with Crippen molar-refractivity contribution < 1.29 is 19.5 Å². The lowest BCUT2D eigenvalue weighted by Gasteiger charge is -2.13. The van der Waals surface area contributed by atoms with Crippen molar-refractivity contribution >= 4 is 41.1 Å². The first-order valence-electron chi connectivity index (χ1n) is 6.08. The average molecular weight is 331 g/mol. The number of aliphatic carboxylic acids is 1. The molecule has 0 heterocycles. The van der Waals surface area contributed by atoms with Gasteiger partial charge in [-0.1, -0.05) is 23.7 Å². The highest BCUT2D eigenvalue weighted by Gasteiger charge is 2.20. The molecular weight excluding hydrogens is 316 g/mol. The smallest absolute Gasteiger partial charge is 0.326 e. The maximum Gasteiger partial charge on any atom is 0.326 e. The first-order chi connectivity index (χ1) is 9.90. The quantitative estimate of drug-likeness (QED) is 0.622. The Morgan fingerprint density at radius 3 is 2.57 bits per heavy atom. The third kappa shape index (κ3) is 6.50. The van der Waals surface area contributed by atoms with Crippen molar-refractivity contribution in [2.45, 2.75) is 23.8 Å². The number of carboxylic acid groups (broad SMARTS) is 1. The zero-order valence-corrected chi connectivity index (χ0v) is 12.6. The number of primary amides is 1. The zero-order valence-electron chi connectivity index (χ0n) is 11.0. The second-order valence-corrected chi connectivity index (χ2v) is 5.61. The van der Waals surface area contributed by atoms with Crippen LogP contribution in [0.5, 0.6) is 0 Å². The van der Waals surface area contributed by atoms with Gasteiger partial charge in [-0.3, -0.25) is 9.59 Å². The SMILES string of the molecule is NC(=O)CCC(NC(=O)CSc1ccccc1Cl)C(=O)O. The maximum atomic E-state index is 11.7. The number of rotatable bonds is 8. The predicted octanol–water partition coefficient (Wildman–Crippen LogP) is 1.27. The molecule has 1 aromatic rings. The first-order valence-corrected chi connectivity index (χ1v) is 7.44. The van der Waals surface area contributed by atoms with E-state index < -0.39 is 23.8 Å². The van der Waals surface area contributed by atoms with Crippen LogP contribution in [0.3, 0.4) is 0 Å². The third-order valence-electron chi connectivity index (χ3n) is 2.51. The lowest BCUT2D eigenvalue weighted by Crippen LogP contribution is -2.42. The van der Waals surface area contributed by atoms with Crippen LogP contribution in [0.4, 0.5) is 0 Å². The number of carboxylic acids is 1. The minimum Gasteiger partial charge on any atom is -0.480 e. The number of nitrogens with one attached hydrogen (secondary N) is 1. The number of nitrogens with two attached hydrogens (primary N) is 1. The fourth-order valence-corrected chi connectivity index (χ4v) is 2.54. The summed E-state index contributed by atoms with van der Waals surface area (Å²) in [5.74, 6) is -2.23. The van der Waals surface area contributed by atoms with E-state index in [4.69, 9.17) is 22.4 Å². The molecule has 8 heteroatoms. The van der Waals surface area contributed by atoms with E-state index in [2.05, 4.69) is 5.32 Å². The number of amides is 2. The normalized spacial score (nSPS) is 11.7. The molecule has 0 aliphatic rings. The summed E-state index contributed by atoms with van der Waals surface area (Å²) in [6.45, 7) is 0. The third-order valence-corrected chi connectivity index (χ3v) is 4.02. The van der Waals surface area contributed by atoms with Crippen molar-refractivity contribution in [3.05, 3.63) is 29.3 Å². The number of thioether (sulfide) groups is 1. The number of hydrogen-bond donors (Lipinski definition) is 3. The molecule has 6 nitrogen and oxygen atoms in total. The molecule has 21 heavy (non-hydrogen) atoms.